The first-order chi connectivity index (χ1) is 9.56. The van der Waals surface area contributed by atoms with Crippen LogP contribution >= 0.6 is 0 Å². The highest BCUT2D eigenvalue weighted by Crippen LogP contribution is 2.18. The molecule has 1 aliphatic carbocycles. The summed E-state index contributed by atoms with van der Waals surface area (Å²) in [7, 11) is 0. The quantitative estimate of drug-likeness (QED) is 0.661. The molecule has 1 fully saturated rings. The van der Waals surface area contributed by atoms with Crippen LogP contribution in [0.25, 0.3) is 6.08 Å². The minimum Gasteiger partial charge on any atom is -0.449 e. The number of nitrogens with one attached hydrogen (secondary N) is 1. The SMILES string of the molecule is Cc1ccccc1/C=C/C(=O)O[C@@H](C)C(=O)NC1CC1. The van der Waals surface area contributed by atoms with Gasteiger partial charge in [0.1, 0.15) is 0 Å². The van der Waals surface area contributed by atoms with E-state index >= 15 is 0 Å². The first-order valence-electron chi connectivity index (χ1n) is 6.81. The molecule has 4 heteroatoms. The maximum absolute atomic E-state index is 11.7. The average molecular weight is 273 g/mol. The number of hydrogen-bond acceptors (Lipinski definition) is 3. The molecular weight excluding hydrogens is 254 g/mol. The van der Waals surface area contributed by atoms with Gasteiger partial charge in [0, 0.05) is 12.1 Å². The molecule has 0 bridgehead atoms. The highest BCUT2D eigenvalue weighted by Gasteiger charge is 2.26. The highest BCUT2D eigenvalue weighted by atomic mass is 16.5. The van der Waals surface area contributed by atoms with Gasteiger partial charge in [-0.15, -0.1) is 0 Å². The molecular formula is C16H19NO3. The van der Waals surface area contributed by atoms with Crippen molar-refractivity contribution < 1.29 is 14.3 Å². The van der Waals surface area contributed by atoms with Crippen LogP contribution in [-0.4, -0.2) is 24.0 Å². The fourth-order valence-corrected chi connectivity index (χ4v) is 1.74. The molecule has 1 atom stereocenters. The van der Waals surface area contributed by atoms with Gasteiger partial charge in [0.15, 0.2) is 6.10 Å². The second kappa shape index (κ2) is 6.37. The predicted molar refractivity (Wildman–Crippen MR) is 76.9 cm³/mol. The van der Waals surface area contributed by atoms with E-state index in [1.807, 2.05) is 31.2 Å². The number of carbonyl (C=O) groups is 2. The summed E-state index contributed by atoms with van der Waals surface area (Å²) in [6.45, 7) is 3.55. The number of ether oxygens (including phenoxy) is 1. The number of amides is 1. The van der Waals surface area contributed by atoms with Crippen molar-refractivity contribution in [3.63, 3.8) is 0 Å². The van der Waals surface area contributed by atoms with Crippen LogP contribution in [0.2, 0.25) is 0 Å². The number of aryl methyl sites for hydroxylation is 1. The van der Waals surface area contributed by atoms with Gasteiger partial charge in [-0.25, -0.2) is 4.79 Å². The van der Waals surface area contributed by atoms with E-state index in [2.05, 4.69) is 5.32 Å². The predicted octanol–water partition coefficient (Wildman–Crippen LogP) is 2.22. The first-order valence-corrected chi connectivity index (χ1v) is 6.81. The lowest BCUT2D eigenvalue weighted by Crippen LogP contribution is -2.36. The van der Waals surface area contributed by atoms with Crippen LogP contribution in [0.5, 0.6) is 0 Å². The van der Waals surface area contributed by atoms with Crippen molar-refractivity contribution in [3.05, 3.63) is 41.5 Å². The van der Waals surface area contributed by atoms with E-state index in [1.165, 1.54) is 6.08 Å². The van der Waals surface area contributed by atoms with Gasteiger partial charge in [0.05, 0.1) is 0 Å². The van der Waals surface area contributed by atoms with Crippen molar-refractivity contribution in [2.75, 3.05) is 0 Å². The minimum absolute atomic E-state index is 0.231. The highest BCUT2D eigenvalue weighted by molar-refractivity contribution is 5.90. The molecule has 20 heavy (non-hydrogen) atoms. The Hall–Kier alpha value is -2.10. The van der Waals surface area contributed by atoms with Crippen LogP contribution in [0.1, 0.15) is 30.9 Å². The molecule has 1 aliphatic rings. The summed E-state index contributed by atoms with van der Waals surface area (Å²) >= 11 is 0. The molecule has 2 rings (SSSR count). The van der Waals surface area contributed by atoms with Crippen molar-refractivity contribution in [2.45, 2.75) is 38.8 Å². The van der Waals surface area contributed by atoms with Crippen molar-refractivity contribution in [1.82, 2.24) is 5.32 Å². The summed E-state index contributed by atoms with van der Waals surface area (Å²) in [6.07, 6.45) is 4.32. The van der Waals surface area contributed by atoms with Crippen molar-refractivity contribution in [1.29, 1.82) is 0 Å². The fourth-order valence-electron chi connectivity index (χ4n) is 1.74. The molecule has 1 amide bonds. The molecule has 0 spiro atoms. The average Bonchev–Trinajstić information content (AvgIpc) is 3.21. The zero-order chi connectivity index (χ0) is 14.5. The summed E-state index contributed by atoms with van der Waals surface area (Å²) in [4.78, 5) is 23.3. The Labute approximate surface area is 118 Å². The van der Waals surface area contributed by atoms with Gasteiger partial charge in [0.25, 0.3) is 5.91 Å². The van der Waals surface area contributed by atoms with Crippen LogP contribution in [-0.2, 0) is 14.3 Å². The Kier molecular flexibility index (Phi) is 4.56. The van der Waals surface area contributed by atoms with Gasteiger partial charge < -0.3 is 10.1 Å². The third kappa shape index (κ3) is 4.23. The second-order valence-electron chi connectivity index (χ2n) is 5.05. The van der Waals surface area contributed by atoms with E-state index in [9.17, 15) is 9.59 Å². The van der Waals surface area contributed by atoms with E-state index in [4.69, 9.17) is 4.74 Å². The van der Waals surface area contributed by atoms with Gasteiger partial charge in [-0.1, -0.05) is 24.3 Å². The van der Waals surface area contributed by atoms with E-state index in [-0.39, 0.29) is 11.9 Å². The molecule has 0 radical (unpaired) electrons. The lowest BCUT2D eigenvalue weighted by Gasteiger charge is -2.11. The third-order valence-corrected chi connectivity index (χ3v) is 3.17. The van der Waals surface area contributed by atoms with E-state index in [0.29, 0.717) is 0 Å². The fraction of sp³-hybridized carbons (Fsp3) is 0.375. The summed E-state index contributed by atoms with van der Waals surface area (Å²) < 4.78 is 5.06. The smallest absolute Gasteiger partial charge is 0.331 e. The van der Waals surface area contributed by atoms with Crippen molar-refractivity contribution in [3.8, 4) is 0 Å². The van der Waals surface area contributed by atoms with E-state index in [1.54, 1.807) is 13.0 Å². The Morgan fingerprint density at radius 3 is 2.70 bits per heavy atom. The van der Waals surface area contributed by atoms with Gasteiger partial charge >= 0.3 is 5.97 Å². The van der Waals surface area contributed by atoms with Crippen molar-refractivity contribution in [2.24, 2.45) is 0 Å². The first kappa shape index (κ1) is 14.3. The Morgan fingerprint density at radius 1 is 1.35 bits per heavy atom. The van der Waals surface area contributed by atoms with E-state index in [0.717, 1.165) is 24.0 Å². The monoisotopic (exact) mass is 273 g/mol. The maximum Gasteiger partial charge on any atom is 0.331 e. The Morgan fingerprint density at radius 2 is 2.05 bits per heavy atom. The van der Waals surface area contributed by atoms with Crippen LogP contribution in [0.4, 0.5) is 0 Å². The van der Waals surface area contributed by atoms with E-state index < -0.39 is 12.1 Å². The number of esters is 1. The molecule has 0 unspecified atom stereocenters. The normalized spacial score (nSPS) is 15.9. The van der Waals surface area contributed by atoms with Gasteiger partial charge in [0.2, 0.25) is 0 Å². The maximum atomic E-state index is 11.7. The molecule has 0 aliphatic heterocycles. The van der Waals surface area contributed by atoms with Crippen LogP contribution in [0.15, 0.2) is 30.3 Å². The molecule has 0 aromatic heterocycles. The molecule has 106 valence electrons. The molecule has 1 aromatic carbocycles. The summed E-state index contributed by atoms with van der Waals surface area (Å²) in [5.41, 5.74) is 2.04. The summed E-state index contributed by atoms with van der Waals surface area (Å²) in [6, 6.07) is 8.00. The zero-order valence-electron chi connectivity index (χ0n) is 11.8. The van der Waals surface area contributed by atoms with Gasteiger partial charge in [-0.2, -0.15) is 0 Å². The molecule has 1 N–H and O–H groups in total. The third-order valence-electron chi connectivity index (χ3n) is 3.17. The molecule has 4 nitrogen and oxygen atoms in total. The molecule has 1 saturated carbocycles. The standard InChI is InChI=1S/C16H19NO3/c1-11-5-3-4-6-13(11)7-10-15(18)20-12(2)16(19)17-14-8-9-14/h3-7,10,12,14H,8-9H2,1-2H3,(H,17,19)/b10-7+/t12-/m0/s1. The molecule has 0 heterocycles. The van der Waals surface area contributed by atoms with Gasteiger partial charge in [-0.3, -0.25) is 4.79 Å². The lowest BCUT2D eigenvalue weighted by molar-refractivity contribution is -0.150. The van der Waals surface area contributed by atoms with Crippen LogP contribution in [0, 0.1) is 6.92 Å². The summed E-state index contributed by atoms with van der Waals surface area (Å²) in [5, 5.41) is 2.80. The summed E-state index contributed by atoms with van der Waals surface area (Å²) in [5.74, 6) is -0.739. The number of rotatable bonds is 5. The Bertz CT molecular complexity index is 532. The second-order valence-corrected chi connectivity index (χ2v) is 5.05. The largest absolute Gasteiger partial charge is 0.449 e. The number of carbonyl (C=O) groups excluding carboxylic acids is 2. The molecule has 1 aromatic rings. The number of hydrogen-bond donors (Lipinski definition) is 1. The van der Waals surface area contributed by atoms with Crippen LogP contribution in [0.3, 0.4) is 0 Å². The van der Waals surface area contributed by atoms with Crippen LogP contribution < -0.4 is 5.32 Å². The lowest BCUT2D eigenvalue weighted by atomic mass is 10.1. The topological polar surface area (TPSA) is 55.4 Å². The minimum atomic E-state index is -0.760. The molecule has 0 saturated heterocycles. The Balaban J connectivity index is 1.85. The van der Waals surface area contributed by atoms with Gasteiger partial charge in [-0.05, 0) is 43.9 Å². The zero-order valence-corrected chi connectivity index (χ0v) is 11.8. The van der Waals surface area contributed by atoms with Crippen molar-refractivity contribution >= 4 is 18.0 Å². The number of benzene rings is 1.